The molecule has 4 nitrogen and oxygen atoms in total. The summed E-state index contributed by atoms with van der Waals surface area (Å²) >= 11 is 0. The van der Waals surface area contributed by atoms with Crippen LogP contribution in [0.3, 0.4) is 0 Å². The van der Waals surface area contributed by atoms with E-state index in [9.17, 15) is 0 Å². The van der Waals surface area contributed by atoms with E-state index in [-0.39, 0.29) is 0 Å². The minimum Gasteiger partial charge on any atom is -0.161 e. The molecule has 0 bridgehead atoms. The summed E-state index contributed by atoms with van der Waals surface area (Å²) in [6.45, 7) is 12.3. The molecule has 0 atom stereocenters. The van der Waals surface area contributed by atoms with Crippen molar-refractivity contribution in [2.75, 3.05) is 0 Å². The molecule has 0 unspecified atom stereocenters. The summed E-state index contributed by atoms with van der Waals surface area (Å²) in [5.74, 6) is 0. The molecule has 21 heavy (non-hydrogen) atoms. The Morgan fingerprint density at radius 2 is 0.857 bits per heavy atom. The lowest BCUT2D eigenvalue weighted by atomic mass is 10.1. The zero-order valence-corrected chi connectivity index (χ0v) is 14.7. The number of nitrogens with zero attached hydrogens (tertiary/aromatic N) is 4. The largest absolute Gasteiger partial charge is 0.161 e. The van der Waals surface area contributed by atoms with Crippen LogP contribution in [0.5, 0.6) is 0 Å². The van der Waals surface area contributed by atoms with Crippen LogP contribution in [0.2, 0.25) is 0 Å². The van der Waals surface area contributed by atoms with Gasteiger partial charge < -0.3 is 0 Å². The highest BCUT2D eigenvalue weighted by Gasteiger charge is 1.96. The summed E-state index contributed by atoms with van der Waals surface area (Å²) in [7, 11) is 0. The summed E-state index contributed by atoms with van der Waals surface area (Å²) in [5.41, 5.74) is 4.42. The predicted octanol–water partition coefficient (Wildman–Crippen LogP) is 5.43. The number of rotatable bonds is 10. The van der Waals surface area contributed by atoms with Crippen molar-refractivity contribution < 1.29 is 0 Å². The van der Waals surface area contributed by atoms with Gasteiger partial charge in [-0.25, -0.2) is 0 Å². The predicted molar refractivity (Wildman–Crippen MR) is 96.1 cm³/mol. The fraction of sp³-hybridized carbons (Fsp3) is 0.765. The normalized spacial score (nSPS) is 14.8. The van der Waals surface area contributed by atoms with Gasteiger partial charge in [0.25, 0.3) is 0 Å². The molecule has 4 heteroatoms. The number of hydrogen-bond acceptors (Lipinski definition) is 4. The van der Waals surface area contributed by atoms with Gasteiger partial charge in [-0.05, 0) is 66.2 Å². The molecule has 0 N–H and O–H groups in total. The van der Waals surface area contributed by atoms with E-state index in [2.05, 4.69) is 48.1 Å². The molecule has 0 radical (unpaired) electrons. The van der Waals surface area contributed by atoms with Crippen molar-refractivity contribution in [3.8, 4) is 0 Å². The molecule has 0 saturated carbocycles. The van der Waals surface area contributed by atoms with Gasteiger partial charge in [0.2, 0.25) is 0 Å². The molecule has 0 aliphatic carbocycles. The Morgan fingerprint density at radius 1 is 0.524 bits per heavy atom. The van der Waals surface area contributed by atoms with Crippen LogP contribution >= 0.6 is 0 Å². The Hall–Kier alpha value is -1.32. The Balaban J connectivity index is 3.87. The monoisotopic (exact) mass is 292 g/mol. The maximum absolute atomic E-state index is 4.25. The average molecular weight is 292 g/mol. The summed E-state index contributed by atoms with van der Waals surface area (Å²) in [5, 5.41) is 16.9. The zero-order chi connectivity index (χ0) is 16.1. The molecule has 0 fully saturated rings. The second-order valence-corrected chi connectivity index (χ2v) is 5.61. The molecule has 0 aromatic rings. The molecular weight excluding hydrogens is 260 g/mol. The van der Waals surface area contributed by atoms with Gasteiger partial charge in [-0.2, -0.15) is 20.4 Å². The minimum atomic E-state index is 0.968. The third kappa shape index (κ3) is 12.2. The van der Waals surface area contributed by atoms with Gasteiger partial charge in [0.1, 0.15) is 0 Å². The molecular formula is C17H32N4. The maximum Gasteiger partial charge on any atom is 0.0375 e. The lowest BCUT2D eigenvalue weighted by Crippen LogP contribution is -1.95. The standard InChI is InChI=1S/C17H32N4/c1-7-14(3)18-20-16(5)12-10-9-11-13-17(6)21-19-15(4)8-2/h7-13H2,1-6H3/b18-14-,19-15-,20-16-,21-17-. The Kier molecular flexibility index (Phi) is 11.6. The average Bonchev–Trinajstić information content (AvgIpc) is 2.49. The van der Waals surface area contributed by atoms with Crippen molar-refractivity contribution in [3.63, 3.8) is 0 Å². The van der Waals surface area contributed by atoms with Crippen molar-refractivity contribution in [3.05, 3.63) is 0 Å². The van der Waals surface area contributed by atoms with Crippen molar-refractivity contribution in [2.24, 2.45) is 20.4 Å². The molecule has 0 aromatic carbocycles. The highest BCUT2D eigenvalue weighted by atomic mass is 15.2. The Labute approximate surface area is 130 Å². The van der Waals surface area contributed by atoms with E-state index < -0.39 is 0 Å². The Morgan fingerprint density at radius 3 is 1.19 bits per heavy atom. The van der Waals surface area contributed by atoms with Gasteiger partial charge in [0.15, 0.2) is 0 Å². The third-order valence-electron chi connectivity index (χ3n) is 3.38. The lowest BCUT2D eigenvalue weighted by Gasteiger charge is -2.01. The van der Waals surface area contributed by atoms with Crippen LogP contribution in [0.15, 0.2) is 20.4 Å². The van der Waals surface area contributed by atoms with E-state index in [0.717, 1.165) is 48.5 Å². The molecule has 0 spiro atoms. The van der Waals surface area contributed by atoms with Crippen molar-refractivity contribution in [1.29, 1.82) is 0 Å². The first-order valence-corrected chi connectivity index (χ1v) is 8.12. The van der Waals surface area contributed by atoms with Crippen molar-refractivity contribution in [2.45, 2.75) is 86.5 Å². The van der Waals surface area contributed by atoms with Crippen LogP contribution in [0.4, 0.5) is 0 Å². The first-order valence-electron chi connectivity index (χ1n) is 8.12. The first-order chi connectivity index (χ1) is 9.99. The highest BCUT2D eigenvalue weighted by molar-refractivity contribution is 5.86. The van der Waals surface area contributed by atoms with Gasteiger partial charge in [-0.15, -0.1) is 0 Å². The van der Waals surface area contributed by atoms with E-state index in [1.54, 1.807) is 0 Å². The summed E-state index contributed by atoms with van der Waals surface area (Å²) in [6, 6.07) is 0. The van der Waals surface area contributed by atoms with E-state index in [1.165, 1.54) is 19.3 Å². The summed E-state index contributed by atoms with van der Waals surface area (Å²) < 4.78 is 0. The van der Waals surface area contributed by atoms with Crippen LogP contribution in [0.25, 0.3) is 0 Å². The van der Waals surface area contributed by atoms with Gasteiger partial charge in [0.05, 0.1) is 0 Å². The minimum absolute atomic E-state index is 0.968. The van der Waals surface area contributed by atoms with Gasteiger partial charge in [-0.3, -0.25) is 0 Å². The first kappa shape index (κ1) is 19.7. The quantitative estimate of drug-likeness (QED) is 0.293. The van der Waals surface area contributed by atoms with Gasteiger partial charge in [-0.1, -0.05) is 20.3 Å². The smallest absolute Gasteiger partial charge is 0.0375 e. The second-order valence-electron chi connectivity index (χ2n) is 5.61. The maximum atomic E-state index is 4.25. The van der Waals surface area contributed by atoms with E-state index in [0.29, 0.717) is 0 Å². The summed E-state index contributed by atoms with van der Waals surface area (Å²) in [6.07, 6.45) is 7.53. The molecule has 0 saturated heterocycles. The SMILES string of the molecule is CC/C(C)=N\N=C(\C)CCCCC/C(C)=N\N=C(\C)CC. The van der Waals surface area contributed by atoms with Gasteiger partial charge in [0, 0.05) is 22.8 Å². The lowest BCUT2D eigenvalue weighted by molar-refractivity contribution is 0.713. The number of unbranched alkanes of at least 4 members (excludes halogenated alkanes) is 2. The molecule has 0 heterocycles. The molecule has 0 amide bonds. The topological polar surface area (TPSA) is 49.4 Å². The third-order valence-corrected chi connectivity index (χ3v) is 3.38. The van der Waals surface area contributed by atoms with Crippen LogP contribution in [0, 0.1) is 0 Å². The van der Waals surface area contributed by atoms with Gasteiger partial charge >= 0.3 is 0 Å². The zero-order valence-electron chi connectivity index (χ0n) is 14.7. The van der Waals surface area contributed by atoms with Crippen LogP contribution in [-0.2, 0) is 0 Å². The fourth-order valence-electron chi connectivity index (χ4n) is 1.52. The fourth-order valence-corrected chi connectivity index (χ4v) is 1.52. The highest BCUT2D eigenvalue weighted by Crippen LogP contribution is 2.06. The van der Waals surface area contributed by atoms with E-state index in [4.69, 9.17) is 0 Å². The second kappa shape index (κ2) is 12.4. The van der Waals surface area contributed by atoms with Crippen molar-refractivity contribution in [1.82, 2.24) is 0 Å². The summed E-state index contributed by atoms with van der Waals surface area (Å²) in [4.78, 5) is 0. The Bertz CT molecular complexity index is 365. The van der Waals surface area contributed by atoms with Crippen LogP contribution < -0.4 is 0 Å². The molecule has 0 aliphatic rings. The molecule has 0 aliphatic heterocycles. The van der Waals surface area contributed by atoms with Crippen molar-refractivity contribution >= 4 is 22.8 Å². The molecule has 120 valence electrons. The molecule has 0 aromatic heterocycles. The van der Waals surface area contributed by atoms with Crippen LogP contribution in [0.1, 0.15) is 86.5 Å². The van der Waals surface area contributed by atoms with E-state index >= 15 is 0 Å². The van der Waals surface area contributed by atoms with Crippen LogP contribution in [-0.4, -0.2) is 22.8 Å². The molecule has 0 rings (SSSR count). The number of hydrogen-bond donors (Lipinski definition) is 0. The van der Waals surface area contributed by atoms with E-state index in [1.807, 2.05) is 13.8 Å².